The smallest absolute Gasteiger partial charge is 0.242 e. The van der Waals surface area contributed by atoms with Gasteiger partial charge in [0, 0.05) is 6.54 Å². The number of carbonyl (C=O) groups excluding carboxylic acids is 1. The quantitative estimate of drug-likeness (QED) is 0.878. The van der Waals surface area contributed by atoms with Crippen molar-refractivity contribution >= 4 is 11.6 Å². The van der Waals surface area contributed by atoms with Crippen molar-refractivity contribution in [3.8, 4) is 0 Å². The molecule has 0 fully saturated rings. The van der Waals surface area contributed by atoms with Crippen LogP contribution in [0.3, 0.4) is 0 Å². The van der Waals surface area contributed by atoms with E-state index >= 15 is 0 Å². The van der Waals surface area contributed by atoms with E-state index in [2.05, 4.69) is 10.6 Å². The van der Waals surface area contributed by atoms with E-state index in [9.17, 15) is 9.18 Å². The highest BCUT2D eigenvalue weighted by molar-refractivity contribution is 5.84. The van der Waals surface area contributed by atoms with Crippen LogP contribution in [0.2, 0.25) is 0 Å². The molecule has 3 nitrogen and oxygen atoms in total. The fourth-order valence-electron chi connectivity index (χ4n) is 1.82. The van der Waals surface area contributed by atoms with Crippen molar-refractivity contribution in [1.82, 2.24) is 5.32 Å². The number of carbonyl (C=O) groups is 1. The molecule has 0 unspecified atom stereocenters. The van der Waals surface area contributed by atoms with Gasteiger partial charge >= 0.3 is 0 Å². The SMILES string of the molecule is C[C@H](Nc1ccccc1F)C(=O)NCc1ccccc1. The zero-order chi connectivity index (χ0) is 14.4. The van der Waals surface area contributed by atoms with Gasteiger partial charge in [-0.25, -0.2) is 4.39 Å². The van der Waals surface area contributed by atoms with Crippen molar-refractivity contribution in [3.05, 3.63) is 66.0 Å². The number of hydrogen-bond acceptors (Lipinski definition) is 2. The molecule has 104 valence electrons. The van der Waals surface area contributed by atoms with E-state index in [-0.39, 0.29) is 11.7 Å². The minimum atomic E-state index is -0.504. The molecular weight excluding hydrogens is 255 g/mol. The molecule has 20 heavy (non-hydrogen) atoms. The van der Waals surface area contributed by atoms with E-state index in [1.54, 1.807) is 25.1 Å². The Morgan fingerprint density at radius 3 is 2.45 bits per heavy atom. The van der Waals surface area contributed by atoms with Gasteiger partial charge in [-0.05, 0) is 24.6 Å². The lowest BCUT2D eigenvalue weighted by Gasteiger charge is -2.15. The van der Waals surface area contributed by atoms with Gasteiger partial charge in [-0.15, -0.1) is 0 Å². The Hall–Kier alpha value is -2.36. The van der Waals surface area contributed by atoms with Crippen LogP contribution in [0.15, 0.2) is 54.6 Å². The van der Waals surface area contributed by atoms with Gasteiger partial charge in [0.15, 0.2) is 0 Å². The molecule has 2 N–H and O–H groups in total. The number of hydrogen-bond donors (Lipinski definition) is 2. The molecule has 0 spiro atoms. The van der Waals surface area contributed by atoms with Gasteiger partial charge < -0.3 is 10.6 Å². The molecule has 0 radical (unpaired) electrons. The maximum atomic E-state index is 13.5. The molecule has 1 atom stereocenters. The first-order chi connectivity index (χ1) is 9.66. The van der Waals surface area contributed by atoms with E-state index in [0.29, 0.717) is 12.2 Å². The van der Waals surface area contributed by atoms with Crippen molar-refractivity contribution in [2.45, 2.75) is 19.5 Å². The third-order valence-corrected chi connectivity index (χ3v) is 2.95. The summed E-state index contributed by atoms with van der Waals surface area (Å²) in [7, 11) is 0. The standard InChI is InChI=1S/C16H17FN2O/c1-12(19-15-10-6-5-9-14(15)17)16(20)18-11-13-7-3-2-4-8-13/h2-10,12,19H,11H2,1H3,(H,18,20)/t12-/m0/s1. The first kappa shape index (κ1) is 14.1. The van der Waals surface area contributed by atoms with Crippen LogP contribution >= 0.6 is 0 Å². The largest absolute Gasteiger partial charge is 0.372 e. The molecule has 0 aliphatic rings. The minimum absolute atomic E-state index is 0.169. The van der Waals surface area contributed by atoms with Gasteiger partial charge in [0.1, 0.15) is 11.9 Å². The summed E-state index contributed by atoms with van der Waals surface area (Å²) in [6, 6.07) is 15.4. The third-order valence-electron chi connectivity index (χ3n) is 2.95. The second kappa shape index (κ2) is 6.70. The van der Waals surface area contributed by atoms with Gasteiger partial charge in [0.05, 0.1) is 5.69 Å². The third kappa shape index (κ3) is 3.82. The van der Waals surface area contributed by atoms with Crippen LogP contribution in [0.1, 0.15) is 12.5 Å². The Kier molecular flexibility index (Phi) is 4.71. The van der Waals surface area contributed by atoms with Gasteiger partial charge in [0.25, 0.3) is 0 Å². The number of rotatable bonds is 5. The number of amides is 1. The topological polar surface area (TPSA) is 41.1 Å². The van der Waals surface area contributed by atoms with E-state index in [0.717, 1.165) is 5.56 Å². The number of anilines is 1. The zero-order valence-corrected chi connectivity index (χ0v) is 11.3. The number of nitrogens with one attached hydrogen (secondary N) is 2. The molecule has 2 aromatic rings. The number of halogens is 1. The Labute approximate surface area is 117 Å². The highest BCUT2D eigenvalue weighted by Gasteiger charge is 2.13. The maximum absolute atomic E-state index is 13.5. The molecule has 0 aliphatic heterocycles. The summed E-state index contributed by atoms with van der Waals surface area (Å²) in [6.07, 6.45) is 0. The Morgan fingerprint density at radius 1 is 1.10 bits per heavy atom. The molecule has 2 rings (SSSR count). The second-order valence-corrected chi connectivity index (χ2v) is 4.55. The Morgan fingerprint density at radius 2 is 1.75 bits per heavy atom. The maximum Gasteiger partial charge on any atom is 0.242 e. The molecule has 0 heterocycles. The van der Waals surface area contributed by atoms with Crippen molar-refractivity contribution in [2.24, 2.45) is 0 Å². The number of para-hydroxylation sites is 1. The first-order valence-corrected chi connectivity index (χ1v) is 6.49. The van der Waals surface area contributed by atoms with Gasteiger partial charge in [-0.1, -0.05) is 42.5 Å². The molecule has 0 bridgehead atoms. The van der Waals surface area contributed by atoms with E-state index in [4.69, 9.17) is 0 Å². The fourth-order valence-corrected chi connectivity index (χ4v) is 1.82. The summed E-state index contributed by atoms with van der Waals surface area (Å²) in [5, 5.41) is 5.67. The lowest BCUT2D eigenvalue weighted by atomic mass is 10.2. The lowest BCUT2D eigenvalue weighted by molar-refractivity contribution is -0.121. The van der Waals surface area contributed by atoms with Gasteiger partial charge in [-0.3, -0.25) is 4.79 Å². The summed E-state index contributed by atoms with van der Waals surface area (Å²) < 4.78 is 13.5. The van der Waals surface area contributed by atoms with Crippen LogP contribution in [0.4, 0.5) is 10.1 Å². The summed E-state index contributed by atoms with van der Waals surface area (Å²) >= 11 is 0. The van der Waals surface area contributed by atoms with Crippen LogP contribution in [0.5, 0.6) is 0 Å². The van der Waals surface area contributed by atoms with Crippen molar-refractivity contribution in [2.75, 3.05) is 5.32 Å². The van der Waals surface area contributed by atoms with Crippen LogP contribution in [0, 0.1) is 5.82 Å². The van der Waals surface area contributed by atoms with E-state index in [1.807, 2.05) is 30.3 Å². The van der Waals surface area contributed by atoms with E-state index < -0.39 is 6.04 Å². The predicted molar refractivity (Wildman–Crippen MR) is 77.8 cm³/mol. The summed E-state index contributed by atoms with van der Waals surface area (Å²) in [5.74, 6) is -0.535. The van der Waals surface area contributed by atoms with Crippen molar-refractivity contribution in [3.63, 3.8) is 0 Å². The fraction of sp³-hybridized carbons (Fsp3) is 0.188. The van der Waals surface area contributed by atoms with Crippen LogP contribution < -0.4 is 10.6 Å². The van der Waals surface area contributed by atoms with Crippen LogP contribution in [0.25, 0.3) is 0 Å². The van der Waals surface area contributed by atoms with Crippen molar-refractivity contribution < 1.29 is 9.18 Å². The summed E-state index contributed by atoms with van der Waals surface area (Å²) in [6.45, 7) is 2.16. The molecule has 4 heteroatoms. The average molecular weight is 272 g/mol. The number of benzene rings is 2. The Balaban J connectivity index is 1.88. The molecule has 2 aromatic carbocycles. The molecule has 0 saturated carbocycles. The van der Waals surface area contributed by atoms with Crippen molar-refractivity contribution in [1.29, 1.82) is 0 Å². The zero-order valence-electron chi connectivity index (χ0n) is 11.3. The van der Waals surface area contributed by atoms with Crippen LogP contribution in [-0.4, -0.2) is 11.9 Å². The Bertz CT molecular complexity index is 572. The highest BCUT2D eigenvalue weighted by Crippen LogP contribution is 2.13. The molecule has 0 aromatic heterocycles. The lowest BCUT2D eigenvalue weighted by Crippen LogP contribution is -2.37. The molecular formula is C16H17FN2O. The van der Waals surface area contributed by atoms with Gasteiger partial charge in [-0.2, -0.15) is 0 Å². The summed E-state index contributed by atoms with van der Waals surface area (Å²) in [4.78, 5) is 11.9. The first-order valence-electron chi connectivity index (χ1n) is 6.49. The van der Waals surface area contributed by atoms with Crippen LogP contribution in [-0.2, 0) is 11.3 Å². The second-order valence-electron chi connectivity index (χ2n) is 4.55. The molecule has 1 amide bonds. The van der Waals surface area contributed by atoms with Gasteiger partial charge in [0.2, 0.25) is 5.91 Å². The minimum Gasteiger partial charge on any atom is -0.372 e. The molecule has 0 saturated heterocycles. The summed E-state index contributed by atoms with van der Waals surface area (Å²) in [5.41, 5.74) is 1.36. The predicted octanol–water partition coefficient (Wildman–Crippen LogP) is 2.94. The normalized spacial score (nSPS) is 11.7. The van der Waals surface area contributed by atoms with E-state index in [1.165, 1.54) is 6.07 Å². The molecule has 0 aliphatic carbocycles. The monoisotopic (exact) mass is 272 g/mol. The average Bonchev–Trinajstić information content (AvgIpc) is 2.48. The highest BCUT2D eigenvalue weighted by atomic mass is 19.1.